The molecule has 0 amide bonds. The van der Waals surface area contributed by atoms with Crippen LogP contribution in [0.3, 0.4) is 0 Å². The van der Waals surface area contributed by atoms with Gasteiger partial charge in [0.2, 0.25) is 0 Å². The molecule has 3 fully saturated rings. The van der Waals surface area contributed by atoms with Crippen molar-refractivity contribution in [1.82, 2.24) is 0 Å². The Morgan fingerprint density at radius 1 is 1.11 bits per heavy atom. The third kappa shape index (κ3) is 1.03. The molecule has 0 aromatic heterocycles. The van der Waals surface area contributed by atoms with Crippen molar-refractivity contribution in [3.63, 3.8) is 0 Å². The Labute approximate surface area is 98.5 Å². The van der Waals surface area contributed by atoms with Gasteiger partial charge in [0, 0.05) is 0 Å². The maximum Gasteiger partial charge on any atom is 0.449 e. The Kier molecular flexibility index (Phi) is 2.08. The van der Waals surface area contributed by atoms with E-state index in [4.69, 9.17) is 0 Å². The topological polar surface area (TPSA) is 49.7 Å². The van der Waals surface area contributed by atoms with Crippen LogP contribution in [0.15, 0.2) is 0 Å². The summed E-state index contributed by atoms with van der Waals surface area (Å²) in [5.74, 6) is -10.9. The zero-order valence-corrected chi connectivity index (χ0v) is 9.05. The van der Waals surface area contributed by atoms with Crippen LogP contribution < -0.4 is 0 Å². The molecule has 18 heavy (non-hydrogen) atoms. The summed E-state index contributed by atoms with van der Waals surface area (Å²) >= 11 is 0. The van der Waals surface area contributed by atoms with Crippen molar-refractivity contribution in [2.45, 2.75) is 48.9 Å². The van der Waals surface area contributed by atoms with Crippen molar-refractivity contribution >= 4 is 0 Å². The van der Waals surface area contributed by atoms with Crippen molar-refractivity contribution in [2.75, 3.05) is 0 Å². The molecule has 0 aromatic carbocycles. The minimum absolute atomic E-state index is 0.213. The highest BCUT2D eigenvalue weighted by molar-refractivity contribution is 5.23. The van der Waals surface area contributed by atoms with Crippen molar-refractivity contribution in [3.8, 4) is 0 Å². The van der Waals surface area contributed by atoms with E-state index < -0.39 is 41.4 Å². The van der Waals surface area contributed by atoms with Crippen LogP contribution in [-0.4, -0.2) is 39.8 Å². The molecule has 1 aliphatic heterocycles. The summed E-state index contributed by atoms with van der Waals surface area (Å²) in [7, 11) is 0. The normalized spacial score (nSPS) is 53.8. The highest BCUT2D eigenvalue weighted by Gasteiger charge is 2.89. The van der Waals surface area contributed by atoms with Crippen LogP contribution in [0, 0.1) is 11.8 Å². The molecular weight excluding hydrogens is 263 g/mol. The van der Waals surface area contributed by atoms with Crippen molar-refractivity contribution in [2.24, 2.45) is 11.8 Å². The zero-order chi connectivity index (χ0) is 13.6. The van der Waals surface area contributed by atoms with Crippen LogP contribution in [0.2, 0.25) is 0 Å². The molecule has 2 bridgehead atoms. The molecule has 3 aliphatic rings. The van der Waals surface area contributed by atoms with Gasteiger partial charge < -0.3 is 14.9 Å². The van der Waals surface area contributed by atoms with Gasteiger partial charge in [-0.15, -0.1) is 0 Å². The Morgan fingerprint density at radius 3 is 2.22 bits per heavy atom. The van der Waals surface area contributed by atoms with E-state index in [-0.39, 0.29) is 12.8 Å². The fourth-order valence-corrected chi connectivity index (χ4v) is 3.68. The quantitative estimate of drug-likeness (QED) is 0.657. The van der Waals surface area contributed by atoms with Gasteiger partial charge in [-0.3, -0.25) is 0 Å². The highest BCUT2D eigenvalue weighted by Crippen LogP contribution is 2.67. The predicted molar refractivity (Wildman–Crippen MR) is 46.6 cm³/mol. The second-order valence-corrected chi connectivity index (χ2v) is 5.35. The van der Waals surface area contributed by atoms with Crippen LogP contribution in [0.25, 0.3) is 0 Å². The van der Waals surface area contributed by atoms with E-state index >= 15 is 0 Å². The van der Waals surface area contributed by atoms with Gasteiger partial charge in [-0.05, 0) is 31.1 Å². The molecule has 2 N–H and O–H groups in total. The van der Waals surface area contributed by atoms with E-state index in [2.05, 4.69) is 4.74 Å². The first-order chi connectivity index (χ1) is 8.06. The molecule has 3 rings (SSSR count). The average Bonchev–Trinajstić information content (AvgIpc) is 2.82. The Balaban J connectivity index is 2.11. The Bertz CT molecular complexity index is 391. The van der Waals surface area contributed by atoms with Gasteiger partial charge in [0.05, 0.1) is 6.10 Å². The maximum atomic E-state index is 13.9. The van der Waals surface area contributed by atoms with Crippen LogP contribution in [0.1, 0.15) is 19.3 Å². The molecule has 1 heterocycles. The van der Waals surface area contributed by atoms with E-state index in [1.54, 1.807) is 0 Å². The second kappa shape index (κ2) is 2.99. The van der Waals surface area contributed by atoms with Gasteiger partial charge in [-0.1, -0.05) is 0 Å². The number of rotatable bonds is 0. The van der Waals surface area contributed by atoms with Crippen LogP contribution in [0.5, 0.6) is 0 Å². The molecule has 5 atom stereocenters. The molecule has 3 nitrogen and oxygen atoms in total. The third-order valence-corrected chi connectivity index (χ3v) is 4.57. The molecule has 2 saturated carbocycles. The van der Waals surface area contributed by atoms with E-state index in [1.165, 1.54) is 0 Å². The number of ether oxygens (including phenoxy) is 1. The van der Waals surface area contributed by atoms with Gasteiger partial charge in [-0.25, -0.2) is 0 Å². The summed E-state index contributed by atoms with van der Waals surface area (Å²) in [6, 6.07) is 0. The summed E-state index contributed by atoms with van der Waals surface area (Å²) in [5.41, 5.74) is -2.92. The summed E-state index contributed by atoms with van der Waals surface area (Å²) in [6.45, 7) is 0. The van der Waals surface area contributed by atoms with Crippen molar-refractivity contribution in [1.29, 1.82) is 0 Å². The molecule has 8 heteroatoms. The molecule has 1 saturated heterocycles. The largest absolute Gasteiger partial charge is 0.449 e. The summed E-state index contributed by atoms with van der Waals surface area (Å²) in [5, 5.41) is 19.2. The highest BCUT2D eigenvalue weighted by atomic mass is 19.4. The number of aliphatic hydroxyl groups is 2. The van der Waals surface area contributed by atoms with Crippen LogP contribution in [-0.2, 0) is 4.74 Å². The third-order valence-electron chi connectivity index (χ3n) is 4.57. The van der Waals surface area contributed by atoms with E-state index in [9.17, 15) is 32.2 Å². The number of fused-ring (bicyclic) bond motifs is 5. The standard InChI is InChI=1S/C10H11F5O3/c11-8(12)7(16)5-2-1-4(3-5)6(7)18-9(8,17)10(13,14)15/h4-6,16-17H,1-3H2. The van der Waals surface area contributed by atoms with Crippen LogP contribution >= 0.6 is 0 Å². The number of hydrogen-bond donors (Lipinski definition) is 2. The van der Waals surface area contributed by atoms with Gasteiger partial charge in [0.1, 0.15) is 0 Å². The maximum absolute atomic E-state index is 13.9. The minimum atomic E-state index is -5.66. The first kappa shape index (κ1) is 12.6. The van der Waals surface area contributed by atoms with E-state index in [0.29, 0.717) is 6.42 Å². The van der Waals surface area contributed by atoms with Gasteiger partial charge in [0.25, 0.3) is 0 Å². The molecule has 5 unspecified atom stereocenters. The average molecular weight is 274 g/mol. The van der Waals surface area contributed by atoms with Crippen LogP contribution in [0.4, 0.5) is 22.0 Å². The number of hydrogen-bond acceptors (Lipinski definition) is 3. The minimum Gasteiger partial charge on any atom is -0.380 e. The second-order valence-electron chi connectivity index (χ2n) is 5.35. The van der Waals surface area contributed by atoms with Gasteiger partial charge in [-0.2, -0.15) is 22.0 Å². The van der Waals surface area contributed by atoms with Gasteiger partial charge in [0.15, 0.2) is 5.60 Å². The summed E-state index contributed by atoms with van der Waals surface area (Å²) in [6.07, 6.45) is -6.44. The molecule has 0 aromatic rings. The predicted octanol–water partition coefficient (Wildman–Crippen LogP) is 1.43. The summed E-state index contributed by atoms with van der Waals surface area (Å²) < 4.78 is 70.0. The SMILES string of the molecule is OC12C3CCC(C3)C1OC(O)(C(F)(F)F)C2(F)F. The first-order valence-electron chi connectivity index (χ1n) is 5.63. The smallest absolute Gasteiger partial charge is 0.380 e. The van der Waals surface area contributed by atoms with Crippen molar-refractivity contribution in [3.05, 3.63) is 0 Å². The zero-order valence-electron chi connectivity index (χ0n) is 9.05. The lowest BCUT2D eigenvalue weighted by atomic mass is 9.77. The Morgan fingerprint density at radius 2 is 1.72 bits per heavy atom. The van der Waals surface area contributed by atoms with E-state index in [1.807, 2.05) is 0 Å². The fourth-order valence-electron chi connectivity index (χ4n) is 3.68. The molecule has 0 spiro atoms. The molecular formula is C10H11F5O3. The molecule has 0 radical (unpaired) electrons. The van der Waals surface area contributed by atoms with E-state index in [0.717, 1.165) is 0 Å². The fraction of sp³-hybridized carbons (Fsp3) is 1.00. The lowest BCUT2D eigenvalue weighted by Crippen LogP contribution is -2.65. The monoisotopic (exact) mass is 274 g/mol. The lowest BCUT2D eigenvalue weighted by molar-refractivity contribution is -0.415. The van der Waals surface area contributed by atoms with Crippen molar-refractivity contribution < 1.29 is 36.9 Å². The Hall–Kier alpha value is -0.470. The first-order valence-corrected chi connectivity index (χ1v) is 5.63. The van der Waals surface area contributed by atoms with Gasteiger partial charge >= 0.3 is 17.9 Å². The lowest BCUT2D eigenvalue weighted by Gasteiger charge is -2.38. The summed E-state index contributed by atoms with van der Waals surface area (Å²) in [4.78, 5) is 0. The number of halogens is 5. The number of alkyl halides is 5. The molecule has 2 aliphatic carbocycles. The molecule has 104 valence electrons.